The lowest BCUT2D eigenvalue weighted by Gasteiger charge is -2.27. The molecule has 1 aliphatic rings. The van der Waals surface area contributed by atoms with Gasteiger partial charge in [-0.2, -0.15) is 0 Å². The van der Waals surface area contributed by atoms with Crippen LogP contribution >= 0.6 is 0 Å². The zero-order valence-corrected chi connectivity index (χ0v) is 8.31. The largest absolute Gasteiger partial charge is 0.508 e. The molecule has 1 saturated heterocycles. The third kappa shape index (κ3) is 2.27. The van der Waals surface area contributed by atoms with Crippen molar-refractivity contribution in [2.75, 3.05) is 0 Å². The Balaban J connectivity index is 2.16. The van der Waals surface area contributed by atoms with Crippen LogP contribution in [0.15, 0.2) is 24.3 Å². The molecule has 0 aliphatic carbocycles. The van der Waals surface area contributed by atoms with E-state index in [2.05, 4.69) is 5.32 Å². The van der Waals surface area contributed by atoms with Crippen LogP contribution < -0.4 is 11.1 Å². The van der Waals surface area contributed by atoms with E-state index in [4.69, 9.17) is 10.8 Å². The van der Waals surface area contributed by atoms with Crippen LogP contribution in [-0.2, 0) is 4.79 Å². The van der Waals surface area contributed by atoms with E-state index in [0.717, 1.165) is 12.0 Å². The van der Waals surface area contributed by atoms with E-state index in [9.17, 15) is 4.79 Å². The molecular formula is C11H14N2O2. The SMILES string of the molecule is NC1CC(=O)NC(c2ccc(O)cc2)C1. The maximum Gasteiger partial charge on any atom is 0.222 e. The Bertz CT molecular complexity index is 361. The van der Waals surface area contributed by atoms with Crippen molar-refractivity contribution in [2.45, 2.75) is 24.9 Å². The van der Waals surface area contributed by atoms with Gasteiger partial charge < -0.3 is 16.2 Å². The maximum absolute atomic E-state index is 11.3. The molecule has 2 atom stereocenters. The molecule has 80 valence electrons. The Labute approximate surface area is 88.1 Å². The summed E-state index contributed by atoms with van der Waals surface area (Å²) in [5.41, 5.74) is 6.76. The van der Waals surface area contributed by atoms with Crippen molar-refractivity contribution in [2.24, 2.45) is 5.73 Å². The van der Waals surface area contributed by atoms with Crippen LogP contribution in [0.25, 0.3) is 0 Å². The quantitative estimate of drug-likeness (QED) is 0.632. The number of hydrogen-bond acceptors (Lipinski definition) is 3. The second-order valence-electron chi connectivity index (χ2n) is 3.91. The minimum absolute atomic E-state index is 0.00757. The highest BCUT2D eigenvalue weighted by Crippen LogP contribution is 2.24. The predicted octanol–water partition coefficient (Wildman–Crippen LogP) is 0.671. The first-order chi connectivity index (χ1) is 7.15. The molecule has 4 heteroatoms. The van der Waals surface area contributed by atoms with Crippen molar-refractivity contribution in [3.8, 4) is 5.75 Å². The summed E-state index contributed by atoms with van der Waals surface area (Å²) in [4.78, 5) is 11.3. The van der Waals surface area contributed by atoms with E-state index in [1.165, 1.54) is 0 Å². The van der Waals surface area contributed by atoms with E-state index in [1.54, 1.807) is 24.3 Å². The number of nitrogens with one attached hydrogen (secondary N) is 1. The Morgan fingerprint density at radius 2 is 2.00 bits per heavy atom. The molecule has 0 radical (unpaired) electrons. The fourth-order valence-corrected chi connectivity index (χ4v) is 1.86. The van der Waals surface area contributed by atoms with E-state index < -0.39 is 0 Å². The summed E-state index contributed by atoms with van der Waals surface area (Å²) in [6, 6.07) is 6.74. The van der Waals surface area contributed by atoms with Gasteiger partial charge in [-0.15, -0.1) is 0 Å². The molecule has 0 spiro atoms. The molecule has 1 aliphatic heterocycles. The summed E-state index contributed by atoms with van der Waals surface area (Å²) in [7, 11) is 0. The maximum atomic E-state index is 11.3. The molecule has 4 nitrogen and oxygen atoms in total. The highest BCUT2D eigenvalue weighted by Gasteiger charge is 2.24. The number of aromatic hydroxyl groups is 1. The fourth-order valence-electron chi connectivity index (χ4n) is 1.86. The molecule has 2 rings (SSSR count). The van der Waals surface area contributed by atoms with Crippen LogP contribution in [0.2, 0.25) is 0 Å². The van der Waals surface area contributed by atoms with Crippen molar-refractivity contribution in [3.05, 3.63) is 29.8 Å². The van der Waals surface area contributed by atoms with Crippen LogP contribution in [0.1, 0.15) is 24.4 Å². The minimum atomic E-state index is -0.0717. The fraction of sp³-hybridized carbons (Fsp3) is 0.364. The molecule has 0 bridgehead atoms. The summed E-state index contributed by atoms with van der Waals surface area (Å²) < 4.78 is 0. The van der Waals surface area contributed by atoms with Gasteiger partial charge in [0.1, 0.15) is 5.75 Å². The molecule has 15 heavy (non-hydrogen) atoms. The second kappa shape index (κ2) is 3.90. The van der Waals surface area contributed by atoms with Crippen LogP contribution in [0.3, 0.4) is 0 Å². The van der Waals surface area contributed by atoms with Gasteiger partial charge in [-0.25, -0.2) is 0 Å². The molecule has 1 amide bonds. The van der Waals surface area contributed by atoms with Gasteiger partial charge in [0.25, 0.3) is 0 Å². The standard InChI is InChI=1S/C11H14N2O2/c12-8-5-10(13-11(15)6-8)7-1-3-9(14)4-2-7/h1-4,8,10,14H,5-6,12H2,(H,13,15). The first-order valence-corrected chi connectivity index (χ1v) is 4.99. The predicted molar refractivity (Wildman–Crippen MR) is 56.2 cm³/mol. The van der Waals surface area contributed by atoms with Crippen molar-refractivity contribution >= 4 is 5.91 Å². The van der Waals surface area contributed by atoms with Gasteiger partial charge in [0.05, 0.1) is 6.04 Å². The lowest BCUT2D eigenvalue weighted by Crippen LogP contribution is -2.42. The number of piperidine rings is 1. The third-order valence-electron chi connectivity index (χ3n) is 2.62. The van der Waals surface area contributed by atoms with E-state index >= 15 is 0 Å². The number of nitrogens with two attached hydrogens (primary N) is 1. The molecular weight excluding hydrogens is 192 g/mol. The van der Waals surface area contributed by atoms with Gasteiger partial charge in [-0.3, -0.25) is 4.79 Å². The van der Waals surface area contributed by atoms with Crippen LogP contribution in [0.5, 0.6) is 5.75 Å². The van der Waals surface area contributed by atoms with Gasteiger partial charge in [0.15, 0.2) is 0 Å². The van der Waals surface area contributed by atoms with E-state index in [0.29, 0.717) is 6.42 Å². The van der Waals surface area contributed by atoms with Crippen molar-refractivity contribution in [1.29, 1.82) is 0 Å². The number of rotatable bonds is 1. The topological polar surface area (TPSA) is 75.4 Å². The van der Waals surface area contributed by atoms with Gasteiger partial charge in [-0.1, -0.05) is 12.1 Å². The van der Waals surface area contributed by atoms with Crippen molar-refractivity contribution in [1.82, 2.24) is 5.32 Å². The highest BCUT2D eigenvalue weighted by molar-refractivity contribution is 5.78. The lowest BCUT2D eigenvalue weighted by atomic mass is 9.94. The van der Waals surface area contributed by atoms with Gasteiger partial charge in [0.2, 0.25) is 5.91 Å². The molecule has 0 aromatic heterocycles. The first-order valence-electron chi connectivity index (χ1n) is 4.99. The number of phenolic OH excluding ortho intramolecular Hbond substituents is 1. The molecule has 2 unspecified atom stereocenters. The summed E-state index contributed by atoms with van der Waals surface area (Å²) in [5, 5.41) is 12.0. The molecule has 1 aromatic carbocycles. The molecule has 1 heterocycles. The Hall–Kier alpha value is -1.55. The normalized spacial score (nSPS) is 26.1. The number of phenols is 1. The second-order valence-corrected chi connectivity index (χ2v) is 3.91. The molecule has 0 saturated carbocycles. The van der Waals surface area contributed by atoms with Crippen LogP contribution in [0.4, 0.5) is 0 Å². The molecule has 4 N–H and O–H groups in total. The number of carbonyl (C=O) groups excluding carboxylic acids is 1. The smallest absolute Gasteiger partial charge is 0.222 e. The molecule has 1 aromatic rings. The average Bonchev–Trinajstić information content (AvgIpc) is 2.17. The van der Waals surface area contributed by atoms with E-state index in [1.807, 2.05) is 0 Å². The van der Waals surface area contributed by atoms with E-state index in [-0.39, 0.29) is 23.7 Å². The van der Waals surface area contributed by atoms with Crippen molar-refractivity contribution < 1.29 is 9.90 Å². The Morgan fingerprint density at radius 1 is 1.33 bits per heavy atom. The number of carbonyl (C=O) groups is 1. The highest BCUT2D eigenvalue weighted by atomic mass is 16.3. The summed E-state index contributed by atoms with van der Waals surface area (Å²) >= 11 is 0. The summed E-state index contributed by atoms with van der Waals surface area (Å²) in [6.07, 6.45) is 1.14. The van der Waals surface area contributed by atoms with Gasteiger partial charge in [0, 0.05) is 12.5 Å². The van der Waals surface area contributed by atoms with Crippen molar-refractivity contribution in [3.63, 3.8) is 0 Å². The van der Waals surface area contributed by atoms with Gasteiger partial charge >= 0.3 is 0 Å². The number of hydrogen-bond donors (Lipinski definition) is 3. The number of amides is 1. The minimum Gasteiger partial charge on any atom is -0.508 e. The van der Waals surface area contributed by atoms with Gasteiger partial charge in [-0.05, 0) is 24.1 Å². The average molecular weight is 206 g/mol. The third-order valence-corrected chi connectivity index (χ3v) is 2.62. The van der Waals surface area contributed by atoms with Crippen LogP contribution in [-0.4, -0.2) is 17.1 Å². The monoisotopic (exact) mass is 206 g/mol. The number of benzene rings is 1. The lowest BCUT2D eigenvalue weighted by molar-refractivity contribution is -0.123. The zero-order valence-electron chi connectivity index (χ0n) is 8.31. The molecule has 1 fully saturated rings. The zero-order chi connectivity index (χ0) is 10.8. The summed E-state index contributed by atoms with van der Waals surface area (Å²) in [6.45, 7) is 0. The Kier molecular flexibility index (Phi) is 2.60. The first kappa shape index (κ1) is 9.98. The summed E-state index contributed by atoms with van der Waals surface area (Å²) in [5.74, 6) is 0.219. The Morgan fingerprint density at radius 3 is 2.60 bits per heavy atom. The van der Waals surface area contributed by atoms with Crippen LogP contribution in [0, 0.1) is 0 Å².